The molecule has 0 aromatic carbocycles. The van der Waals surface area contributed by atoms with Crippen LogP contribution >= 0.6 is 11.8 Å². The quantitative estimate of drug-likeness (QED) is 0.670. The molecule has 5 nitrogen and oxygen atoms in total. The monoisotopic (exact) mass is 339 g/mol. The summed E-state index contributed by atoms with van der Waals surface area (Å²) in [6.45, 7) is -1.16. The van der Waals surface area contributed by atoms with E-state index in [2.05, 4.69) is 19.7 Å². The van der Waals surface area contributed by atoms with Crippen molar-refractivity contribution in [1.29, 1.82) is 0 Å². The first-order valence-corrected chi connectivity index (χ1v) is 8.17. The molecule has 0 spiro atoms. The molecule has 2 heterocycles. The van der Waals surface area contributed by atoms with Gasteiger partial charge in [-0.15, -0.1) is 0 Å². The summed E-state index contributed by atoms with van der Waals surface area (Å²) in [7, 11) is 0. The van der Waals surface area contributed by atoms with Crippen LogP contribution in [0.15, 0.2) is 22.2 Å². The van der Waals surface area contributed by atoms with Gasteiger partial charge in [0.15, 0.2) is 5.16 Å². The third-order valence-corrected chi connectivity index (χ3v) is 4.62. The summed E-state index contributed by atoms with van der Waals surface area (Å²) >= 11 is 1.28. The highest BCUT2D eigenvalue weighted by Gasteiger charge is 2.18. The minimum absolute atomic E-state index is 0.100. The Morgan fingerprint density at radius 3 is 3.04 bits per heavy atom. The van der Waals surface area contributed by atoms with Crippen molar-refractivity contribution in [2.45, 2.75) is 43.7 Å². The number of ether oxygens (including phenoxy) is 1. The number of alkyl halides is 2. The fourth-order valence-electron chi connectivity index (χ4n) is 2.58. The summed E-state index contributed by atoms with van der Waals surface area (Å²) in [5, 5.41) is 0.488. The number of hydrogen-bond acceptors (Lipinski definition) is 5. The van der Waals surface area contributed by atoms with Crippen LogP contribution in [-0.2, 0) is 18.6 Å². The fourth-order valence-corrected chi connectivity index (χ4v) is 3.56. The number of nitrogens with zero attached hydrogens (tertiary/aromatic N) is 2. The van der Waals surface area contributed by atoms with Gasteiger partial charge in [0.25, 0.3) is 5.56 Å². The van der Waals surface area contributed by atoms with Crippen molar-refractivity contribution < 1.29 is 13.5 Å². The van der Waals surface area contributed by atoms with E-state index in [-0.39, 0.29) is 11.3 Å². The van der Waals surface area contributed by atoms with E-state index >= 15 is 0 Å². The number of aromatic amines is 1. The molecule has 2 aromatic heterocycles. The van der Waals surface area contributed by atoms with Crippen LogP contribution in [0.4, 0.5) is 8.78 Å². The van der Waals surface area contributed by atoms with Crippen LogP contribution in [0.1, 0.15) is 28.9 Å². The molecule has 122 valence electrons. The number of fused-ring (bicyclic) bond motifs is 1. The molecule has 0 radical (unpaired) electrons. The van der Waals surface area contributed by atoms with E-state index in [9.17, 15) is 13.6 Å². The number of nitrogens with one attached hydrogen (secondary N) is 1. The number of H-pyrrole nitrogens is 1. The Hall–Kier alpha value is -1.96. The van der Waals surface area contributed by atoms with Crippen molar-refractivity contribution in [2.24, 2.45) is 0 Å². The Kier molecular flexibility index (Phi) is 4.61. The Labute approximate surface area is 135 Å². The Morgan fingerprint density at radius 2 is 2.26 bits per heavy atom. The molecule has 0 atom stereocenters. The molecule has 23 heavy (non-hydrogen) atoms. The van der Waals surface area contributed by atoms with Crippen LogP contribution in [0.3, 0.4) is 0 Å². The summed E-state index contributed by atoms with van der Waals surface area (Å²) in [4.78, 5) is 23.3. The number of thioether (sulfide) groups is 1. The van der Waals surface area contributed by atoms with Crippen molar-refractivity contribution in [1.82, 2.24) is 15.0 Å². The average Bonchev–Trinajstić information content (AvgIpc) is 2.95. The van der Waals surface area contributed by atoms with Gasteiger partial charge in [-0.25, -0.2) is 4.98 Å². The highest BCUT2D eigenvalue weighted by atomic mass is 32.2. The van der Waals surface area contributed by atoms with Gasteiger partial charge in [0.1, 0.15) is 5.75 Å². The molecule has 1 N–H and O–H groups in total. The lowest BCUT2D eigenvalue weighted by Gasteiger charge is -2.12. The molecule has 0 saturated heterocycles. The second kappa shape index (κ2) is 6.66. The Morgan fingerprint density at radius 1 is 1.43 bits per heavy atom. The zero-order chi connectivity index (χ0) is 16.4. The smallest absolute Gasteiger partial charge is 0.387 e. The molecule has 0 amide bonds. The van der Waals surface area contributed by atoms with Gasteiger partial charge in [-0.1, -0.05) is 11.8 Å². The van der Waals surface area contributed by atoms with E-state index in [0.29, 0.717) is 22.2 Å². The van der Waals surface area contributed by atoms with Crippen molar-refractivity contribution in [3.05, 3.63) is 45.1 Å². The van der Waals surface area contributed by atoms with Crippen LogP contribution in [0.2, 0.25) is 0 Å². The molecule has 1 aliphatic rings. The maximum atomic E-state index is 12.5. The van der Waals surface area contributed by atoms with Gasteiger partial charge in [0, 0.05) is 28.8 Å². The Balaban J connectivity index is 1.81. The fraction of sp³-hybridized carbons (Fsp3) is 0.400. The van der Waals surface area contributed by atoms with Crippen molar-refractivity contribution >= 4 is 11.8 Å². The summed E-state index contributed by atoms with van der Waals surface area (Å²) in [5.41, 5.74) is 2.67. The van der Waals surface area contributed by atoms with Crippen LogP contribution in [0.25, 0.3) is 0 Å². The normalized spacial score (nSPS) is 13.4. The minimum atomic E-state index is -2.89. The van der Waals surface area contributed by atoms with Gasteiger partial charge in [-0.3, -0.25) is 9.78 Å². The van der Waals surface area contributed by atoms with Gasteiger partial charge in [-0.2, -0.15) is 8.78 Å². The lowest BCUT2D eigenvalue weighted by molar-refractivity contribution is -0.0504. The summed E-state index contributed by atoms with van der Waals surface area (Å²) in [6, 6.07) is 1.41. The summed E-state index contributed by atoms with van der Waals surface area (Å²) in [5.74, 6) is 0.437. The molecule has 0 unspecified atom stereocenters. The highest BCUT2D eigenvalue weighted by Crippen LogP contribution is 2.29. The molecular formula is C15H15F2N3O2S. The SMILES string of the molecule is Cc1nccc(OC(F)F)c1CSc1nc2c(c(=O)[nH]1)CCC2. The van der Waals surface area contributed by atoms with Crippen molar-refractivity contribution in [3.63, 3.8) is 0 Å². The second-order valence-corrected chi connectivity index (χ2v) is 6.15. The molecule has 2 aromatic rings. The predicted octanol–water partition coefficient (Wildman–Crippen LogP) is 2.86. The first kappa shape index (κ1) is 15.9. The third-order valence-electron chi connectivity index (χ3n) is 3.72. The highest BCUT2D eigenvalue weighted by molar-refractivity contribution is 7.98. The lowest BCUT2D eigenvalue weighted by Crippen LogP contribution is -2.15. The minimum Gasteiger partial charge on any atom is -0.434 e. The molecule has 8 heteroatoms. The maximum Gasteiger partial charge on any atom is 0.387 e. The van der Waals surface area contributed by atoms with Gasteiger partial charge >= 0.3 is 6.61 Å². The summed E-state index contributed by atoms with van der Waals surface area (Å²) in [6.07, 6.45) is 3.93. The number of aromatic nitrogens is 3. The van der Waals surface area contributed by atoms with Crippen LogP contribution in [0, 0.1) is 6.92 Å². The van der Waals surface area contributed by atoms with Crippen LogP contribution < -0.4 is 10.3 Å². The number of aryl methyl sites for hydroxylation is 2. The van der Waals surface area contributed by atoms with Gasteiger partial charge in [0.2, 0.25) is 0 Å². The van der Waals surface area contributed by atoms with Crippen molar-refractivity contribution in [3.8, 4) is 5.75 Å². The van der Waals surface area contributed by atoms with Crippen LogP contribution in [-0.4, -0.2) is 21.6 Å². The third kappa shape index (κ3) is 3.52. The topological polar surface area (TPSA) is 67.9 Å². The van der Waals surface area contributed by atoms with E-state index in [0.717, 1.165) is 30.5 Å². The van der Waals surface area contributed by atoms with E-state index < -0.39 is 6.61 Å². The molecule has 0 aliphatic heterocycles. The molecule has 0 bridgehead atoms. The van der Waals surface area contributed by atoms with E-state index in [1.807, 2.05) is 0 Å². The zero-order valence-electron chi connectivity index (χ0n) is 12.4. The van der Waals surface area contributed by atoms with Gasteiger partial charge in [0.05, 0.1) is 5.69 Å². The number of pyridine rings is 1. The molecule has 0 fully saturated rings. The number of halogens is 2. The molecule has 3 rings (SSSR count). The molecule has 0 saturated carbocycles. The second-order valence-electron chi connectivity index (χ2n) is 5.19. The maximum absolute atomic E-state index is 12.5. The summed E-state index contributed by atoms with van der Waals surface area (Å²) < 4.78 is 29.5. The average molecular weight is 339 g/mol. The molecular weight excluding hydrogens is 324 g/mol. The van der Waals surface area contributed by atoms with E-state index in [4.69, 9.17) is 0 Å². The van der Waals surface area contributed by atoms with Crippen molar-refractivity contribution in [2.75, 3.05) is 0 Å². The van der Waals surface area contributed by atoms with E-state index in [1.165, 1.54) is 24.0 Å². The number of hydrogen-bond donors (Lipinski definition) is 1. The first-order valence-electron chi connectivity index (χ1n) is 7.18. The van der Waals surface area contributed by atoms with Crippen LogP contribution in [0.5, 0.6) is 5.75 Å². The molecule has 1 aliphatic carbocycles. The largest absolute Gasteiger partial charge is 0.434 e. The van der Waals surface area contributed by atoms with E-state index in [1.54, 1.807) is 6.92 Å². The first-order chi connectivity index (χ1) is 11.0. The predicted molar refractivity (Wildman–Crippen MR) is 82.0 cm³/mol. The Bertz CT molecular complexity index is 780. The standard InChI is InChI=1S/C15H15F2N3O2S/c1-8-10(12(5-6-18-8)22-14(16)17)7-23-15-19-11-4-2-3-9(11)13(21)20-15/h5-6,14H,2-4,7H2,1H3,(H,19,20,21). The van der Waals surface area contributed by atoms with Gasteiger partial charge < -0.3 is 9.72 Å². The van der Waals surface area contributed by atoms with Gasteiger partial charge in [-0.05, 0) is 32.3 Å². The zero-order valence-corrected chi connectivity index (χ0v) is 13.3. The lowest BCUT2D eigenvalue weighted by atomic mass is 10.2. The number of rotatable bonds is 5.